The van der Waals surface area contributed by atoms with Crippen LogP contribution in [-0.4, -0.2) is 24.8 Å². The molecule has 0 bridgehead atoms. The zero-order valence-electron chi connectivity index (χ0n) is 12.4. The molecule has 0 aromatic carbocycles. The molecule has 5 nitrogen and oxygen atoms in total. The van der Waals surface area contributed by atoms with Crippen molar-refractivity contribution in [1.29, 1.82) is 0 Å². The predicted molar refractivity (Wildman–Crippen MR) is 84.9 cm³/mol. The molecule has 2 fully saturated rings. The highest BCUT2D eigenvalue weighted by atomic mass is 32.1. The Morgan fingerprint density at radius 1 is 1.33 bits per heavy atom. The number of anilines is 2. The zero-order valence-corrected chi connectivity index (χ0v) is 13.3. The van der Waals surface area contributed by atoms with E-state index in [1.165, 1.54) is 11.3 Å². The number of Topliss-reactive ketones (excluding diaryl/α,β-unsaturated/α-hetero) is 1. The van der Waals surface area contributed by atoms with Crippen molar-refractivity contribution < 1.29 is 9.59 Å². The highest BCUT2D eigenvalue weighted by Gasteiger charge is 2.37. The second-order valence-corrected chi connectivity index (χ2v) is 7.86. The van der Waals surface area contributed by atoms with Crippen LogP contribution in [0.4, 0.5) is 10.7 Å². The van der Waals surface area contributed by atoms with Crippen LogP contribution in [-0.2, 0) is 0 Å². The number of ketones is 1. The fraction of sp³-hybridized carbons (Fsp3) is 0.600. The normalized spacial score (nSPS) is 20.8. The van der Waals surface area contributed by atoms with Crippen LogP contribution >= 0.6 is 11.3 Å². The first-order chi connectivity index (χ1) is 9.80. The molecule has 6 heteroatoms. The van der Waals surface area contributed by atoms with Crippen molar-refractivity contribution in [2.24, 2.45) is 17.1 Å². The van der Waals surface area contributed by atoms with E-state index in [-0.39, 0.29) is 22.8 Å². The SMILES string of the molecule is CC1(C)CCN(c2sc(C(=O)C3CC3)c(N)c2C(N)=O)C1. The molecule has 4 N–H and O–H groups in total. The van der Waals surface area contributed by atoms with Crippen molar-refractivity contribution in [3.8, 4) is 0 Å². The Kier molecular flexibility index (Phi) is 3.24. The van der Waals surface area contributed by atoms with E-state index in [2.05, 4.69) is 18.7 Å². The number of nitrogens with two attached hydrogens (primary N) is 2. The Bertz CT molecular complexity index is 617. The number of carbonyl (C=O) groups is 2. The highest BCUT2D eigenvalue weighted by Crippen LogP contribution is 2.45. The molecule has 2 heterocycles. The minimum Gasteiger partial charge on any atom is -0.397 e. The Balaban J connectivity index is 2.01. The highest BCUT2D eigenvalue weighted by molar-refractivity contribution is 7.19. The van der Waals surface area contributed by atoms with E-state index in [0.29, 0.717) is 10.4 Å². The molecule has 1 aromatic rings. The number of hydrogen-bond acceptors (Lipinski definition) is 5. The molecule has 1 aliphatic carbocycles. The molecule has 114 valence electrons. The summed E-state index contributed by atoms with van der Waals surface area (Å²) in [7, 11) is 0. The molecule has 2 aliphatic rings. The summed E-state index contributed by atoms with van der Waals surface area (Å²) in [5.41, 5.74) is 12.4. The van der Waals surface area contributed by atoms with E-state index in [0.717, 1.165) is 37.4 Å². The fourth-order valence-corrected chi connectivity index (χ4v) is 4.16. The van der Waals surface area contributed by atoms with Crippen molar-refractivity contribution in [3.05, 3.63) is 10.4 Å². The van der Waals surface area contributed by atoms with Crippen LogP contribution in [0.3, 0.4) is 0 Å². The van der Waals surface area contributed by atoms with Crippen LogP contribution in [0.5, 0.6) is 0 Å². The molecular weight excluding hydrogens is 286 g/mol. The van der Waals surface area contributed by atoms with Crippen molar-refractivity contribution in [1.82, 2.24) is 0 Å². The molecule has 3 rings (SSSR count). The van der Waals surface area contributed by atoms with Crippen LogP contribution in [0.15, 0.2) is 0 Å². The second-order valence-electron chi connectivity index (χ2n) is 6.86. The molecule has 1 aliphatic heterocycles. The Morgan fingerprint density at radius 2 is 2.00 bits per heavy atom. The second kappa shape index (κ2) is 4.73. The molecule has 1 saturated carbocycles. The lowest BCUT2D eigenvalue weighted by atomic mass is 9.93. The number of primary amides is 1. The summed E-state index contributed by atoms with van der Waals surface area (Å²) in [6.07, 6.45) is 2.90. The maximum atomic E-state index is 12.3. The van der Waals surface area contributed by atoms with Crippen molar-refractivity contribution in [2.75, 3.05) is 23.7 Å². The summed E-state index contributed by atoms with van der Waals surface area (Å²) in [5.74, 6) is -0.377. The lowest BCUT2D eigenvalue weighted by Crippen LogP contribution is -2.25. The first-order valence-corrected chi connectivity index (χ1v) is 8.13. The number of amides is 1. The Hall–Kier alpha value is -1.56. The lowest BCUT2D eigenvalue weighted by Gasteiger charge is -2.20. The van der Waals surface area contributed by atoms with Crippen molar-refractivity contribution in [2.45, 2.75) is 33.1 Å². The standard InChI is InChI=1S/C15H21N3O2S/c1-15(2)5-6-18(7-15)14-9(13(17)20)10(16)12(21-14)11(19)8-3-4-8/h8H,3-7,16H2,1-2H3,(H2,17,20). The fourth-order valence-electron chi connectivity index (χ4n) is 2.89. The molecule has 0 unspecified atom stereocenters. The van der Waals surface area contributed by atoms with Crippen LogP contribution in [0.25, 0.3) is 0 Å². The predicted octanol–water partition coefficient (Wildman–Crippen LogP) is 2.26. The van der Waals surface area contributed by atoms with Crippen LogP contribution in [0, 0.1) is 11.3 Å². The van der Waals surface area contributed by atoms with Gasteiger partial charge >= 0.3 is 0 Å². The van der Waals surface area contributed by atoms with Gasteiger partial charge in [0.1, 0.15) is 5.00 Å². The quantitative estimate of drug-likeness (QED) is 0.835. The summed E-state index contributed by atoms with van der Waals surface area (Å²) in [4.78, 5) is 26.8. The van der Waals surface area contributed by atoms with Crippen molar-refractivity contribution >= 4 is 33.7 Å². The van der Waals surface area contributed by atoms with Gasteiger partial charge in [0, 0.05) is 19.0 Å². The van der Waals surface area contributed by atoms with Crippen molar-refractivity contribution in [3.63, 3.8) is 0 Å². The minimum atomic E-state index is -0.543. The molecular formula is C15H21N3O2S. The molecule has 21 heavy (non-hydrogen) atoms. The first kappa shape index (κ1) is 14.4. The van der Waals surface area contributed by atoms with Gasteiger partial charge in [-0.05, 0) is 24.7 Å². The topological polar surface area (TPSA) is 89.4 Å². The molecule has 1 amide bonds. The number of carbonyl (C=O) groups excluding carboxylic acids is 2. The van der Waals surface area contributed by atoms with Crippen LogP contribution in [0.1, 0.15) is 53.1 Å². The van der Waals surface area contributed by atoms with Gasteiger partial charge in [-0.25, -0.2) is 0 Å². The van der Waals surface area contributed by atoms with Gasteiger partial charge in [0.2, 0.25) is 0 Å². The van der Waals surface area contributed by atoms with Gasteiger partial charge in [0.25, 0.3) is 5.91 Å². The maximum absolute atomic E-state index is 12.3. The largest absolute Gasteiger partial charge is 0.397 e. The van der Waals surface area contributed by atoms with Gasteiger partial charge in [0.15, 0.2) is 5.78 Å². The number of thiophene rings is 1. The number of hydrogen-bond donors (Lipinski definition) is 2. The van der Waals surface area contributed by atoms with Gasteiger partial charge in [-0.2, -0.15) is 0 Å². The zero-order chi connectivity index (χ0) is 15.4. The minimum absolute atomic E-state index is 0.0738. The summed E-state index contributed by atoms with van der Waals surface area (Å²) in [6.45, 7) is 6.11. The summed E-state index contributed by atoms with van der Waals surface area (Å²) in [5, 5.41) is 0.773. The Morgan fingerprint density at radius 3 is 2.48 bits per heavy atom. The third-order valence-corrected chi connectivity index (χ3v) is 5.59. The van der Waals surface area contributed by atoms with Gasteiger partial charge < -0.3 is 16.4 Å². The Labute approximate surface area is 128 Å². The molecule has 0 radical (unpaired) electrons. The van der Waals surface area contributed by atoms with Gasteiger partial charge in [-0.3, -0.25) is 9.59 Å². The van der Waals surface area contributed by atoms with Crippen LogP contribution < -0.4 is 16.4 Å². The monoisotopic (exact) mass is 307 g/mol. The van der Waals surface area contributed by atoms with E-state index < -0.39 is 5.91 Å². The number of rotatable bonds is 4. The average molecular weight is 307 g/mol. The van der Waals surface area contributed by atoms with Crippen LogP contribution in [0.2, 0.25) is 0 Å². The molecule has 1 aromatic heterocycles. The first-order valence-electron chi connectivity index (χ1n) is 7.31. The summed E-state index contributed by atoms with van der Waals surface area (Å²) >= 11 is 1.34. The summed E-state index contributed by atoms with van der Waals surface area (Å²) in [6, 6.07) is 0. The molecule has 0 atom stereocenters. The van der Waals surface area contributed by atoms with E-state index in [4.69, 9.17) is 11.5 Å². The van der Waals surface area contributed by atoms with E-state index in [9.17, 15) is 9.59 Å². The van der Waals surface area contributed by atoms with E-state index in [1.807, 2.05) is 0 Å². The molecule has 1 saturated heterocycles. The van der Waals surface area contributed by atoms with Gasteiger partial charge in [-0.15, -0.1) is 11.3 Å². The smallest absolute Gasteiger partial charge is 0.253 e. The maximum Gasteiger partial charge on any atom is 0.253 e. The average Bonchev–Trinajstić information content (AvgIpc) is 3.09. The third-order valence-electron chi connectivity index (χ3n) is 4.31. The summed E-state index contributed by atoms with van der Waals surface area (Å²) < 4.78 is 0. The lowest BCUT2D eigenvalue weighted by molar-refractivity contribution is 0.0972. The van der Waals surface area contributed by atoms with Gasteiger partial charge in [-0.1, -0.05) is 13.8 Å². The van der Waals surface area contributed by atoms with Gasteiger partial charge in [0.05, 0.1) is 16.1 Å². The number of nitrogens with zero attached hydrogens (tertiary/aromatic N) is 1. The third kappa shape index (κ3) is 2.52. The van der Waals surface area contributed by atoms with E-state index in [1.54, 1.807) is 0 Å². The number of nitrogen functional groups attached to an aromatic ring is 1. The van der Waals surface area contributed by atoms with E-state index >= 15 is 0 Å². The molecule has 0 spiro atoms.